The van der Waals surface area contributed by atoms with E-state index < -0.39 is 23.8 Å². The van der Waals surface area contributed by atoms with E-state index in [0.717, 1.165) is 17.7 Å². The van der Waals surface area contributed by atoms with Gasteiger partial charge in [0.2, 0.25) is 0 Å². The van der Waals surface area contributed by atoms with Gasteiger partial charge < -0.3 is 10.8 Å². The van der Waals surface area contributed by atoms with Crippen LogP contribution in [0.25, 0.3) is 0 Å². The summed E-state index contributed by atoms with van der Waals surface area (Å²) >= 11 is 5.55. The Balaban J connectivity index is 2.21. The zero-order valence-electron chi connectivity index (χ0n) is 10.6. The molecule has 2 aromatic rings. The predicted molar refractivity (Wildman–Crippen MR) is 74.4 cm³/mol. The quantitative estimate of drug-likeness (QED) is 0.910. The summed E-state index contributed by atoms with van der Waals surface area (Å²) in [4.78, 5) is 0. The molecule has 0 unspecified atom stereocenters. The molecule has 5 heteroatoms. The Hall–Kier alpha value is -1.49. The largest absolute Gasteiger partial charge is 0.391 e. The van der Waals surface area contributed by atoms with E-state index in [9.17, 15) is 13.9 Å². The molecule has 20 heavy (non-hydrogen) atoms. The normalized spacial score (nSPS) is 14.1. The van der Waals surface area contributed by atoms with Crippen molar-refractivity contribution >= 4 is 11.6 Å². The smallest absolute Gasteiger partial charge is 0.132 e. The van der Waals surface area contributed by atoms with Gasteiger partial charge in [-0.25, -0.2) is 8.78 Å². The van der Waals surface area contributed by atoms with Gasteiger partial charge in [-0.05, 0) is 17.7 Å². The molecule has 2 aromatic carbocycles. The monoisotopic (exact) mass is 297 g/mol. The van der Waals surface area contributed by atoms with E-state index in [2.05, 4.69) is 0 Å². The number of benzene rings is 2. The van der Waals surface area contributed by atoms with Crippen LogP contribution in [-0.4, -0.2) is 11.2 Å². The van der Waals surface area contributed by atoms with Gasteiger partial charge >= 0.3 is 0 Å². The van der Waals surface area contributed by atoms with Crippen LogP contribution >= 0.6 is 11.6 Å². The molecule has 106 valence electrons. The zero-order valence-corrected chi connectivity index (χ0v) is 11.3. The molecule has 0 saturated heterocycles. The van der Waals surface area contributed by atoms with Crippen LogP contribution in [0.1, 0.15) is 17.2 Å². The molecule has 0 fully saturated rings. The second-order valence-corrected chi connectivity index (χ2v) is 5.00. The van der Waals surface area contributed by atoms with Gasteiger partial charge in [-0.15, -0.1) is 0 Å². The molecule has 0 radical (unpaired) electrons. The van der Waals surface area contributed by atoms with Crippen LogP contribution in [0.2, 0.25) is 5.02 Å². The van der Waals surface area contributed by atoms with Gasteiger partial charge in [0.25, 0.3) is 0 Å². The number of hydrogen-bond donors (Lipinski definition) is 2. The third kappa shape index (κ3) is 3.33. The van der Waals surface area contributed by atoms with Crippen LogP contribution in [0.4, 0.5) is 8.78 Å². The van der Waals surface area contributed by atoms with Gasteiger partial charge in [0.05, 0.1) is 12.1 Å². The average Bonchev–Trinajstić information content (AvgIpc) is 2.38. The third-order valence-electron chi connectivity index (χ3n) is 3.08. The summed E-state index contributed by atoms with van der Waals surface area (Å²) in [5, 5.41) is 10.0. The Bertz CT molecular complexity index is 569. The lowest BCUT2D eigenvalue weighted by Crippen LogP contribution is -2.29. The van der Waals surface area contributed by atoms with Crippen molar-refractivity contribution in [2.75, 3.05) is 0 Å². The first-order valence-electron chi connectivity index (χ1n) is 6.11. The molecule has 0 aliphatic carbocycles. The van der Waals surface area contributed by atoms with Crippen LogP contribution in [0.5, 0.6) is 0 Å². The van der Waals surface area contributed by atoms with Crippen molar-refractivity contribution in [1.82, 2.24) is 0 Å². The Kier molecular flexibility index (Phi) is 4.70. The van der Waals surface area contributed by atoms with Gasteiger partial charge in [0.1, 0.15) is 11.6 Å². The van der Waals surface area contributed by atoms with Crippen molar-refractivity contribution in [3.63, 3.8) is 0 Å². The summed E-state index contributed by atoms with van der Waals surface area (Å²) in [6.07, 6.45) is -0.883. The average molecular weight is 298 g/mol. The molecule has 0 amide bonds. The van der Waals surface area contributed by atoms with Gasteiger partial charge in [0.15, 0.2) is 0 Å². The third-order valence-corrected chi connectivity index (χ3v) is 3.30. The van der Waals surface area contributed by atoms with E-state index in [1.54, 1.807) is 0 Å². The highest BCUT2D eigenvalue weighted by Gasteiger charge is 2.24. The fourth-order valence-corrected chi connectivity index (χ4v) is 2.24. The van der Waals surface area contributed by atoms with Crippen molar-refractivity contribution in [2.45, 2.75) is 18.6 Å². The first kappa shape index (κ1) is 14.9. The maximum atomic E-state index is 13.7. The molecule has 2 rings (SSSR count). The summed E-state index contributed by atoms with van der Waals surface area (Å²) in [6.45, 7) is 0. The topological polar surface area (TPSA) is 46.2 Å². The van der Waals surface area contributed by atoms with Gasteiger partial charge in [-0.3, -0.25) is 0 Å². The first-order chi connectivity index (χ1) is 9.49. The van der Waals surface area contributed by atoms with E-state index in [0.29, 0.717) is 0 Å². The van der Waals surface area contributed by atoms with Crippen LogP contribution in [0.3, 0.4) is 0 Å². The predicted octanol–water partition coefficient (Wildman–Crippen LogP) is 3.22. The summed E-state index contributed by atoms with van der Waals surface area (Å²) in [7, 11) is 0. The fourth-order valence-electron chi connectivity index (χ4n) is 2.05. The lowest BCUT2D eigenvalue weighted by molar-refractivity contribution is 0.141. The number of halogens is 3. The second-order valence-electron chi connectivity index (χ2n) is 4.57. The second kappa shape index (κ2) is 6.31. The Morgan fingerprint density at radius 3 is 2.20 bits per heavy atom. The number of hydrogen-bond acceptors (Lipinski definition) is 2. The highest BCUT2D eigenvalue weighted by atomic mass is 35.5. The maximum absolute atomic E-state index is 13.7. The molecule has 0 aliphatic rings. The van der Waals surface area contributed by atoms with Gasteiger partial charge in [-0.2, -0.15) is 0 Å². The minimum atomic E-state index is -1.16. The standard InChI is InChI=1S/C15H14ClF2NO/c16-10-7-11(17)14(12(18)8-10)15(19)13(20)6-9-4-2-1-3-5-9/h1-5,7-8,13,15,20H,6,19H2/t13-,15-/m1/s1. The summed E-state index contributed by atoms with van der Waals surface area (Å²) < 4.78 is 27.5. The van der Waals surface area contributed by atoms with Gasteiger partial charge in [0, 0.05) is 17.0 Å². The van der Waals surface area contributed by atoms with E-state index in [4.69, 9.17) is 17.3 Å². The molecular formula is C15H14ClF2NO. The van der Waals surface area contributed by atoms with Crippen molar-refractivity contribution in [3.8, 4) is 0 Å². The van der Waals surface area contributed by atoms with E-state index in [1.807, 2.05) is 30.3 Å². The first-order valence-corrected chi connectivity index (χ1v) is 6.49. The van der Waals surface area contributed by atoms with Crippen LogP contribution in [0, 0.1) is 11.6 Å². The van der Waals surface area contributed by atoms with Crippen LogP contribution in [0.15, 0.2) is 42.5 Å². The van der Waals surface area contributed by atoms with Crippen molar-refractivity contribution in [1.29, 1.82) is 0 Å². The van der Waals surface area contributed by atoms with E-state index >= 15 is 0 Å². The van der Waals surface area contributed by atoms with Crippen LogP contribution in [-0.2, 0) is 6.42 Å². The SMILES string of the molecule is N[C@@H](c1c(F)cc(Cl)cc1F)[C@H](O)Cc1ccccc1. The lowest BCUT2D eigenvalue weighted by Gasteiger charge is -2.20. The molecule has 2 nitrogen and oxygen atoms in total. The Morgan fingerprint density at radius 1 is 1.10 bits per heavy atom. The summed E-state index contributed by atoms with van der Waals surface area (Å²) in [6, 6.07) is 9.90. The van der Waals surface area contributed by atoms with Crippen LogP contribution < -0.4 is 5.73 Å². The molecule has 0 heterocycles. The minimum absolute atomic E-state index is 0.0477. The zero-order chi connectivity index (χ0) is 14.7. The Morgan fingerprint density at radius 2 is 1.65 bits per heavy atom. The highest BCUT2D eigenvalue weighted by molar-refractivity contribution is 6.30. The molecule has 0 saturated carbocycles. The summed E-state index contributed by atoms with van der Waals surface area (Å²) in [5.41, 5.74) is 6.25. The number of rotatable bonds is 4. The van der Waals surface area contributed by atoms with E-state index in [-0.39, 0.29) is 17.0 Å². The molecule has 3 N–H and O–H groups in total. The Labute approximate surface area is 120 Å². The number of nitrogens with two attached hydrogens (primary N) is 1. The van der Waals surface area contributed by atoms with Crippen molar-refractivity contribution < 1.29 is 13.9 Å². The molecule has 0 spiro atoms. The highest BCUT2D eigenvalue weighted by Crippen LogP contribution is 2.26. The molecule has 0 aromatic heterocycles. The molecule has 0 aliphatic heterocycles. The van der Waals surface area contributed by atoms with Gasteiger partial charge in [-0.1, -0.05) is 41.9 Å². The van der Waals surface area contributed by atoms with Crippen molar-refractivity contribution in [3.05, 3.63) is 70.2 Å². The number of aliphatic hydroxyl groups excluding tert-OH is 1. The fraction of sp³-hybridized carbons (Fsp3) is 0.200. The maximum Gasteiger partial charge on any atom is 0.132 e. The summed E-state index contributed by atoms with van der Waals surface area (Å²) in [5.74, 6) is -1.70. The minimum Gasteiger partial charge on any atom is -0.391 e. The molecule has 0 bridgehead atoms. The van der Waals surface area contributed by atoms with Crippen molar-refractivity contribution in [2.24, 2.45) is 5.73 Å². The molecular weight excluding hydrogens is 284 g/mol. The van der Waals surface area contributed by atoms with E-state index in [1.165, 1.54) is 0 Å². The number of aliphatic hydroxyl groups is 1. The lowest BCUT2D eigenvalue weighted by atomic mass is 9.96. The molecule has 2 atom stereocenters.